The molecule has 1 atom stereocenters. The van der Waals surface area contributed by atoms with Crippen molar-refractivity contribution in [2.24, 2.45) is 0 Å². The lowest BCUT2D eigenvalue weighted by Gasteiger charge is -2.11. The van der Waals surface area contributed by atoms with E-state index >= 15 is 0 Å². The Labute approximate surface area is 149 Å². The van der Waals surface area contributed by atoms with E-state index in [0.717, 1.165) is 0 Å². The SMILES string of the molecule is COc1ccc(C(=O)[C@H](C)Sc2nnc(OC(C)C)s2)cc1OC. The minimum absolute atomic E-state index is 0.0116. The van der Waals surface area contributed by atoms with Gasteiger partial charge in [0.05, 0.1) is 25.6 Å². The van der Waals surface area contributed by atoms with Gasteiger partial charge in [-0.05, 0) is 50.3 Å². The first-order valence-corrected chi connectivity index (χ1v) is 9.07. The molecule has 1 aromatic carbocycles. The van der Waals surface area contributed by atoms with Gasteiger partial charge in [0, 0.05) is 5.56 Å². The van der Waals surface area contributed by atoms with Crippen LogP contribution in [0.4, 0.5) is 0 Å². The molecule has 8 heteroatoms. The standard InChI is InChI=1S/C16H20N2O4S2/c1-9(2)22-15-17-18-16(24-15)23-10(3)14(19)11-6-7-12(20-4)13(8-11)21-5/h6-10H,1-5H3/t10-/m0/s1. The van der Waals surface area contributed by atoms with Crippen molar-refractivity contribution in [1.29, 1.82) is 0 Å². The number of methoxy groups -OCH3 is 2. The number of thioether (sulfide) groups is 1. The summed E-state index contributed by atoms with van der Waals surface area (Å²) >= 11 is 2.70. The van der Waals surface area contributed by atoms with Crippen molar-refractivity contribution in [2.75, 3.05) is 14.2 Å². The average molecular weight is 368 g/mol. The molecule has 0 fully saturated rings. The van der Waals surface area contributed by atoms with Crippen molar-refractivity contribution >= 4 is 28.9 Å². The highest BCUT2D eigenvalue weighted by molar-refractivity contribution is 8.02. The van der Waals surface area contributed by atoms with E-state index in [1.807, 2.05) is 20.8 Å². The summed E-state index contributed by atoms with van der Waals surface area (Å²) in [5.41, 5.74) is 0.566. The number of benzene rings is 1. The highest BCUT2D eigenvalue weighted by Gasteiger charge is 2.20. The Balaban J connectivity index is 2.08. The largest absolute Gasteiger partial charge is 0.493 e. The normalized spacial score (nSPS) is 12.1. The van der Waals surface area contributed by atoms with Gasteiger partial charge in [-0.15, -0.1) is 5.10 Å². The molecule has 0 radical (unpaired) electrons. The first-order valence-electron chi connectivity index (χ1n) is 7.37. The van der Waals surface area contributed by atoms with Crippen LogP contribution in [0.2, 0.25) is 0 Å². The molecule has 6 nitrogen and oxygen atoms in total. The van der Waals surface area contributed by atoms with E-state index in [1.165, 1.54) is 23.1 Å². The van der Waals surface area contributed by atoms with Crippen LogP contribution >= 0.6 is 23.1 Å². The Kier molecular flexibility index (Phi) is 6.44. The number of hydrogen-bond acceptors (Lipinski definition) is 8. The van der Waals surface area contributed by atoms with Crippen LogP contribution in [0.5, 0.6) is 16.7 Å². The molecule has 0 unspecified atom stereocenters. The van der Waals surface area contributed by atoms with Gasteiger partial charge in [-0.1, -0.05) is 16.9 Å². The number of aromatic nitrogens is 2. The number of carbonyl (C=O) groups excluding carboxylic acids is 1. The molecule has 0 aliphatic heterocycles. The minimum atomic E-state index is -0.303. The van der Waals surface area contributed by atoms with Crippen LogP contribution in [0.1, 0.15) is 31.1 Å². The molecular weight excluding hydrogens is 348 g/mol. The highest BCUT2D eigenvalue weighted by atomic mass is 32.2. The molecule has 2 aromatic rings. The molecular formula is C16H20N2O4S2. The Morgan fingerprint density at radius 2 is 1.83 bits per heavy atom. The molecule has 0 amide bonds. The van der Waals surface area contributed by atoms with E-state index in [9.17, 15) is 4.79 Å². The number of ketones is 1. The van der Waals surface area contributed by atoms with Gasteiger partial charge in [0.2, 0.25) is 0 Å². The van der Waals surface area contributed by atoms with Crippen LogP contribution in [0, 0.1) is 0 Å². The van der Waals surface area contributed by atoms with Crippen molar-refractivity contribution in [3.05, 3.63) is 23.8 Å². The van der Waals surface area contributed by atoms with Crippen molar-refractivity contribution in [2.45, 2.75) is 36.5 Å². The number of carbonyl (C=O) groups is 1. The summed E-state index contributed by atoms with van der Waals surface area (Å²) in [6.45, 7) is 5.70. The van der Waals surface area contributed by atoms with Gasteiger partial charge in [-0.3, -0.25) is 4.79 Å². The lowest BCUT2D eigenvalue weighted by atomic mass is 10.1. The third-order valence-electron chi connectivity index (χ3n) is 3.04. The average Bonchev–Trinajstić information content (AvgIpc) is 2.99. The number of Topliss-reactive ketones (excluding diaryl/α,β-unsaturated/α-hetero) is 1. The van der Waals surface area contributed by atoms with E-state index in [-0.39, 0.29) is 17.1 Å². The fourth-order valence-electron chi connectivity index (χ4n) is 1.92. The molecule has 0 bridgehead atoms. The van der Waals surface area contributed by atoms with Crippen molar-refractivity contribution in [3.8, 4) is 16.7 Å². The third kappa shape index (κ3) is 4.61. The first-order chi connectivity index (χ1) is 11.4. The van der Waals surface area contributed by atoms with Crippen molar-refractivity contribution in [3.63, 3.8) is 0 Å². The predicted octanol–water partition coefficient (Wildman–Crippen LogP) is 3.71. The van der Waals surface area contributed by atoms with Gasteiger partial charge in [-0.2, -0.15) is 0 Å². The van der Waals surface area contributed by atoms with Gasteiger partial charge in [0.1, 0.15) is 0 Å². The van der Waals surface area contributed by atoms with Crippen LogP contribution in [0.15, 0.2) is 22.5 Å². The monoisotopic (exact) mass is 368 g/mol. The fraction of sp³-hybridized carbons (Fsp3) is 0.438. The number of hydrogen-bond donors (Lipinski definition) is 0. The molecule has 130 valence electrons. The van der Waals surface area contributed by atoms with E-state index in [0.29, 0.717) is 26.6 Å². The topological polar surface area (TPSA) is 70.5 Å². The number of nitrogens with zero attached hydrogens (tertiary/aromatic N) is 2. The molecule has 1 heterocycles. The fourth-order valence-corrected chi connectivity index (χ4v) is 3.95. The molecule has 2 rings (SSSR count). The van der Waals surface area contributed by atoms with Crippen LogP contribution < -0.4 is 14.2 Å². The zero-order valence-electron chi connectivity index (χ0n) is 14.2. The molecule has 0 saturated heterocycles. The summed E-state index contributed by atoms with van der Waals surface area (Å²) in [6.07, 6.45) is 0.0432. The Bertz CT molecular complexity index is 703. The van der Waals surface area contributed by atoms with Crippen molar-refractivity contribution < 1.29 is 19.0 Å². The lowest BCUT2D eigenvalue weighted by Crippen LogP contribution is -2.13. The second-order valence-electron chi connectivity index (χ2n) is 5.19. The van der Waals surface area contributed by atoms with Crippen LogP contribution in [-0.4, -0.2) is 41.6 Å². The van der Waals surface area contributed by atoms with E-state index in [4.69, 9.17) is 14.2 Å². The molecule has 0 saturated carbocycles. The summed E-state index contributed by atoms with van der Waals surface area (Å²) in [7, 11) is 3.10. The second-order valence-corrected chi connectivity index (χ2v) is 7.72. The maximum absolute atomic E-state index is 12.6. The van der Waals surface area contributed by atoms with Gasteiger partial charge in [0.15, 0.2) is 21.6 Å². The predicted molar refractivity (Wildman–Crippen MR) is 94.9 cm³/mol. The molecule has 0 aliphatic rings. The second kappa shape index (κ2) is 8.34. The Morgan fingerprint density at radius 1 is 1.12 bits per heavy atom. The smallest absolute Gasteiger partial charge is 0.295 e. The van der Waals surface area contributed by atoms with E-state index < -0.39 is 0 Å². The van der Waals surface area contributed by atoms with Crippen LogP contribution in [-0.2, 0) is 0 Å². The Hall–Kier alpha value is -1.80. The van der Waals surface area contributed by atoms with Crippen molar-refractivity contribution in [1.82, 2.24) is 10.2 Å². The Morgan fingerprint density at radius 3 is 2.46 bits per heavy atom. The number of rotatable bonds is 8. The summed E-state index contributed by atoms with van der Waals surface area (Å²) in [5, 5.41) is 8.23. The molecule has 24 heavy (non-hydrogen) atoms. The maximum atomic E-state index is 12.6. The van der Waals surface area contributed by atoms with Gasteiger partial charge < -0.3 is 14.2 Å². The molecule has 0 N–H and O–H groups in total. The molecule has 1 aromatic heterocycles. The molecule has 0 aliphatic carbocycles. The first kappa shape index (κ1) is 18.5. The summed E-state index contributed by atoms with van der Waals surface area (Å²) in [6, 6.07) is 5.14. The van der Waals surface area contributed by atoms with Crippen LogP contribution in [0.25, 0.3) is 0 Å². The lowest BCUT2D eigenvalue weighted by molar-refractivity contribution is 0.0993. The molecule has 0 spiro atoms. The number of ether oxygens (including phenoxy) is 3. The minimum Gasteiger partial charge on any atom is -0.493 e. The summed E-state index contributed by atoms with van der Waals surface area (Å²) < 4.78 is 16.6. The van der Waals surface area contributed by atoms with Gasteiger partial charge in [0.25, 0.3) is 5.19 Å². The third-order valence-corrected chi connectivity index (χ3v) is 5.04. The van der Waals surface area contributed by atoms with Crippen LogP contribution in [0.3, 0.4) is 0 Å². The van der Waals surface area contributed by atoms with Gasteiger partial charge in [-0.25, -0.2) is 0 Å². The summed E-state index contributed by atoms with van der Waals surface area (Å²) in [4.78, 5) is 12.6. The zero-order chi connectivity index (χ0) is 17.7. The van der Waals surface area contributed by atoms with E-state index in [2.05, 4.69) is 10.2 Å². The quantitative estimate of drug-likeness (QED) is 0.519. The highest BCUT2D eigenvalue weighted by Crippen LogP contribution is 2.33. The van der Waals surface area contributed by atoms with E-state index in [1.54, 1.807) is 32.4 Å². The summed E-state index contributed by atoms with van der Waals surface area (Å²) in [5.74, 6) is 1.11. The maximum Gasteiger partial charge on any atom is 0.295 e. The van der Waals surface area contributed by atoms with Gasteiger partial charge >= 0.3 is 0 Å². The zero-order valence-corrected chi connectivity index (χ0v) is 15.9.